The van der Waals surface area contributed by atoms with Gasteiger partial charge in [-0.3, -0.25) is 43.3 Å². The minimum absolute atomic E-state index is 0.0539. The van der Waals surface area contributed by atoms with Crippen LogP contribution in [0.5, 0.6) is 0 Å². The van der Waals surface area contributed by atoms with E-state index in [0.29, 0.717) is 10.6 Å². The number of primary amides is 1. The Balaban J connectivity index is 1.53. The van der Waals surface area contributed by atoms with Crippen LogP contribution in [0.25, 0.3) is 11.1 Å². The lowest BCUT2D eigenvalue weighted by Crippen LogP contribution is -2.54. The molecule has 7 amide bonds. The van der Waals surface area contributed by atoms with E-state index in [2.05, 4.69) is 16.0 Å². The third-order valence-electron chi connectivity index (χ3n) is 10.6. The van der Waals surface area contributed by atoms with Crippen LogP contribution in [0.4, 0.5) is 8.78 Å². The largest absolute Gasteiger partial charge is 0.480 e. The fourth-order valence-corrected chi connectivity index (χ4v) is 7.29. The maximum Gasteiger partial charge on any atom is 0.326 e. The number of nitrogens with one attached hydrogen (secondary N) is 3. The number of carbonyl (C=O) groups excluding carboxylic acids is 8. The van der Waals surface area contributed by atoms with Gasteiger partial charge in [0.25, 0.3) is 11.8 Å². The van der Waals surface area contributed by atoms with Gasteiger partial charge in [0.1, 0.15) is 36.9 Å². The number of carbonyl (C=O) groups is 9. The number of aliphatic hydroxyl groups excluding tert-OH is 1. The van der Waals surface area contributed by atoms with Crippen molar-refractivity contribution >= 4 is 53.1 Å². The number of halogens is 2. The number of carboxylic acids is 1. The molecular formula is C45H53F2N7O11. The molecule has 4 rings (SSSR count). The van der Waals surface area contributed by atoms with Crippen LogP contribution in [0, 0.1) is 23.0 Å². The van der Waals surface area contributed by atoms with E-state index >= 15 is 4.39 Å². The minimum Gasteiger partial charge on any atom is -0.480 e. The van der Waals surface area contributed by atoms with Crippen molar-refractivity contribution in [3.05, 3.63) is 95.8 Å². The van der Waals surface area contributed by atoms with Crippen molar-refractivity contribution < 1.29 is 62.1 Å². The molecule has 65 heavy (non-hydrogen) atoms. The number of ketones is 1. The summed E-state index contributed by atoms with van der Waals surface area (Å²) in [6.07, 6.45) is 1.86. The highest BCUT2D eigenvalue weighted by atomic mass is 19.1. The van der Waals surface area contributed by atoms with Crippen molar-refractivity contribution in [2.45, 2.75) is 84.6 Å². The van der Waals surface area contributed by atoms with Gasteiger partial charge in [0.05, 0.1) is 18.5 Å². The van der Waals surface area contributed by atoms with E-state index in [1.807, 2.05) is 30.3 Å². The second-order valence-electron chi connectivity index (χ2n) is 16.8. The van der Waals surface area contributed by atoms with Gasteiger partial charge in [0.15, 0.2) is 5.78 Å². The van der Waals surface area contributed by atoms with Crippen LogP contribution in [-0.2, 0) is 49.7 Å². The van der Waals surface area contributed by atoms with Crippen molar-refractivity contribution in [2.24, 2.45) is 17.1 Å². The molecule has 7 N–H and O–H groups in total. The van der Waals surface area contributed by atoms with Crippen LogP contribution in [0.3, 0.4) is 0 Å². The van der Waals surface area contributed by atoms with Gasteiger partial charge >= 0.3 is 5.97 Å². The molecule has 20 heteroatoms. The predicted octanol–water partition coefficient (Wildman–Crippen LogP) is 1.73. The van der Waals surface area contributed by atoms with E-state index in [-0.39, 0.29) is 24.2 Å². The van der Waals surface area contributed by atoms with Crippen molar-refractivity contribution in [3.63, 3.8) is 0 Å². The molecule has 0 aliphatic carbocycles. The number of nitrogens with zero attached hydrogens (tertiary/aromatic N) is 3. The summed E-state index contributed by atoms with van der Waals surface area (Å²) in [7, 11) is 0. The molecule has 2 aromatic carbocycles. The monoisotopic (exact) mass is 905 g/mol. The van der Waals surface area contributed by atoms with Gasteiger partial charge in [-0.2, -0.15) is 0 Å². The molecule has 0 spiro atoms. The number of hydrogen-bond donors (Lipinski definition) is 6. The molecular weight excluding hydrogens is 853 g/mol. The maximum absolute atomic E-state index is 15.2. The highest BCUT2D eigenvalue weighted by Gasteiger charge is 2.39. The molecule has 0 radical (unpaired) electrons. The SMILES string of the molecule is C[C@H](CC(=O)[C@H](C)NC(=O)CN1C(=O)C=CC1=O)C(=O)N[C@@H](CC(N)=O)C(=O)N[C@@H](CCN(C(=O)CO)[C@@H](c1cc(-c2cc(F)ccc2F)cn1Cc1ccccc1)C(C)(C)C)C(=O)O. The molecule has 0 bridgehead atoms. The number of aliphatic carboxylic acids is 1. The second kappa shape index (κ2) is 22.0. The lowest BCUT2D eigenvalue weighted by Gasteiger charge is -2.41. The zero-order chi connectivity index (χ0) is 48.3. The number of hydrogen-bond acceptors (Lipinski definition) is 10. The summed E-state index contributed by atoms with van der Waals surface area (Å²) in [6, 6.07) is 8.15. The van der Waals surface area contributed by atoms with E-state index < -0.39 is 133 Å². The second-order valence-corrected chi connectivity index (χ2v) is 16.8. The van der Waals surface area contributed by atoms with Gasteiger partial charge < -0.3 is 41.4 Å². The smallest absolute Gasteiger partial charge is 0.326 e. The van der Waals surface area contributed by atoms with Crippen LogP contribution >= 0.6 is 0 Å². The van der Waals surface area contributed by atoms with Crippen LogP contribution in [0.2, 0.25) is 0 Å². The van der Waals surface area contributed by atoms with Gasteiger partial charge in [-0.15, -0.1) is 0 Å². The van der Waals surface area contributed by atoms with E-state index in [9.17, 15) is 57.8 Å². The van der Waals surface area contributed by atoms with E-state index in [0.717, 1.165) is 35.9 Å². The minimum atomic E-state index is -1.75. The molecule has 18 nitrogen and oxygen atoms in total. The number of carboxylic acid groups (broad SMARTS) is 1. The van der Waals surface area contributed by atoms with Gasteiger partial charge in [-0.05, 0) is 48.6 Å². The Morgan fingerprint density at radius 1 is 0.846 bits per heavy atom. The van der Waals surface area contributed by atoms with E-state index in [4.69, 9.17) is 5.73 Å². The average Bonchev–Trinajstić information content (AvgIpc) is 3.78. The average molecular weight is 906 g/mol. The van der Waals surface area contributed by atoms with E-state index in [1.54, 1.807) is 37.6 Å². The van der Waals surface area contributed by atoms with Gasteiger partial charge in [-0.1, -0.05) is 58.0 Å². The molecule has 0 fully saturated rings. The summed E-state index contributed by atoms with van der Waals surface area (Å²) in [6.45, 7) is 6.19. The number of rotatable bonds is 22. The molecule has 2 heterocycles. The van der Waals surface area contributed by atoms with Crippen molar-refractivity contribution in [1.29, 1.82) is 0 Å². The molecule has 1 aliphatic heterocycles. The first kappa shape index (κ1) is 50.6. The normalized spacial score (nSPS) is 14.8. The first-order chi connectivity index (χ1) is 30.5. The summed E-state index contributed by atoms with van der Waals surface area (Å²) < 4.78 is 31.3. The van der Waals surface area contributed by atoms with Crippen LogP contribution in [-0.4, -0.2) is 116 Å². The molecule has 1 aliphatic rings. The summed E-state index contributed by atoms with van der Waals surface area (Å²) in [4.78, 5) is 116. The quantitative estimate of drug-likeness (QED) is 0.0791. The van der Waals surface area contributed by atoms with Gasteiger partial charge in [0.2, 0.25) is 29.5 Å². The third-order valence-corrected chi connectivity index (χ3v) is 10.6. The first-order valence-corrected chi connectivity index (χ1v) is 20.6. The highest BCUT2D eigenvalue weighted by Crippen LogP contribution is 2.41. The third kappa shape index (κ3) is 13.7. The Bertz CT molecular complexity index is 2330. The molecule has 348 valence electrons. The number of imide groups is 1. The van der Waals surface area contributed by atoms with Crippen LogP contribution in [0.1, 0.15) is 71.2 Å². The van der Waals surface area contributed by atoms with Gasteiger partial charge in [0, 0.05) is 60.6 Å². The summed E-state index contributed by atoms with van der Waals surface area (Å²) in [5.74, 6) is -10.9. The zero-order valence-electron chi connectivity index (χ0n) is 36.5. The van der Waals surface area contributed by atoms with E-state index in [1.165, 1.54) is 18.7 Å². The highest BCUT2D eigenvalue weighted by molar-refractivity contribution is 6.14. The molecule has 5 atom stereocenters. The predicted molar refractivity (Wildman–Crippen MR) is 229 cm³/mol. The number of amides is 7. The fraction of sp³-hybridized carbons (Fsp3) is 0.400. The molecule has 1 aromatic heterocycles. The molecule has 3 aromatic rings. The first-order valence-electron chi connectivity index (χ1n) is 20.6. The van der Waals surface area contributed by atoms with Crippen molar-refractivity contribution in [3.8, 4) is 11.1 Å². The Morgan fingerprint density at radius 3 is 2.06 bits per heavy atom. The Labute approximate surface area is 373 Å². The summed E-state index contributed by atoms with van der Waals surface area (Å²) >= 11 is 0. The van der Waals surface area contributed by atoms with Crippen molar-refractivity contribution in [1.82, 2.24) is 30.3 Å². The number of benzene rings is 2. The van der Waals surface area contributed by atoms with Gasteiger partial charge in [-0.25, -0.2) is 13.6 Å². The number of nitrogens with two attached hydrogens (primary N) is 1. The number of Topliss-reactive ketones (excluding diaryl/α,β-unsaturated/α-hetero) is 1. The summed E-state index contributed by atoms with van der Waals surface area (Å²) in [5, 5.41) is 27.4. The zero-order valence-corrected chi connectivity index (χ0v) is 36.5. The lowest BCUT2D eigenvalue weighted by molar-refractivity contribution is -0.145. The Hall–Kier alpha value is -7.09. The topological polar surface area (TPSA) is 268 Å². The number of aromatic nitrogens is 1. The van der Waals surface area contributed by atoms with Crippen LogP contribution < -0.4 is 21.7 Å². The fourth-order valence-electron chi connectivity index (χ4n) is 7.29. The molecule has 0 unspecified atom stereocenters. The molecule has 0 saturated carbocycles. The summed E-state index contributed by atoms with van der Waals surface area (Å²) in [5.41, 5.74) is 5.98. The lowest BCUT2D eigenvalue weighted by atomic mass is 9.82. The standard InChI is InChI=1S/C45H53F2N7O11/c1-25(17-35(56)26(2)49-37(58)23-54-38(59)13-14-39(54)60)42(62)51-33(20-36(48)57)43(63)50-32(44(64)65)15-16-53(40(61)24-55)41(45(3,4)5)34-18-28(30-19-29(46)11-12-31(30)47)22-52(34)21-27-9-7-6-8-10-27/h6-14,18-19,22,25-26,32-33,41,55H,15-17,20-21,23-24H2,1-5H3,(H2,48,57)(H,49,58)(H,50,63)(H,51,62)(H,64,65)/t25-,26+,32+,33+,41+/m1/s1. The maximum atomic E-state index is 15.2. The Kier molecular flexibility index (Phi) is 17.1. The number of aliphatic hydroxyl groups is 1. The van der Waals surface area contributed by atoms with Crippen molar-refractivity contribution in [2.75, 3.05) is 19.7 Å². The Morgan fingerprint density at radius 2 is 1.48 bits per heavy atom. The van der Waals surface area contributed by atoms with Crippen LogP contribution in [0.15, 0.2) is 72.9 Å². The molecule has 0 saturated heterocycles.